The highest BCUT2D eigenvalue weighted by atomic mass is 19.1. The number of amides is 1. The first-order chi connectivity index (χ1) is 15.0. The summed E-state index contributed by atoms with van der Waals surface area (Å²) in [5.41, 5.74) is 4.41. The maximum absolute atomic E-state index is 13.8. The first-order valence-electron chi connectivity index (χ1n) is 11.7. The molecule has 2 bridgehead atoms. The zero-order valence-corrected chi connectivity index (χ0v) is 17.8. The molecule has 3 heterocycles. The Morgan fingerprint density at radius 2 is 1.84 bits per heavy atom. The van der Waals surface area contributed by atoms with Crippen molar-refractivity contribution in [2.45, 2.75) is 50.6 Å². The molecule has 1 unspecified atom stereocenters. The molecule has 3 aliphatic heterocycles. The monoisotopic (exact) mass is 420 g/mol. The number of hydrogen-bond acceptors (Lipinski definition) is 2. The van der Waals surface area contributed by atoms with Gasteiger partial charge in [-0.2, -0.15) is 0 Å². The Balaban J connectivity index is 1.41. The molecule has 2 aromatic rings. The lowest BCUT2D eigenvalue weighted by atomic mass is 9.73. The average molecular weight is 421 g/mol. The van der Waals surface area contributed by atoms with Crippen LogP contribution >= 0.6 is 0 Å². The van der Waals surface area contributed by atoms with Crippen molar-refractivity contribution in [3.8, 4) is 11.1 Å². The summed E-state index contributed by atoms with van der Waals surface area (Å²) in [4.78, 5) is 17.0. The number of carbonyl (C=O) groups is 1. The van der Waals surface area contributed by atoms with Crippen LogP contribution in [0.25, 0.3) is 11.1 Å². The van der Waals surface area contributed by atoms with Crippen LogP contribution in [0.5, 0.6) is 0 Å². The Bertz CT molecular complexity index is 1030. The molecular formula is C26H29FN2O2. The Morgan fingerprint density at radius 3 is 2.48 bits per heavy atom. The van der Waals surface area contributed by atoms with Gasteiger partial charge < -0.3 is 10.0 Å². The number of carboxylic acid groups (broad SMARTS) is 1. The summed E-state index contributed by atoms with van der Waals surface area (Å²) in [6.07, 6.45) is 5.71. The third-order valence-electron chi connectivity index (χ3n) is 8.44. The molecule has 4 nitrogen and oxygen atoms in total. The van der Waals surface area contributed by atoms with Gasteiger partial charge in [-0.25, -0.2) is 9.18 Å². The third-order valence-corrected chi connectivity index (χ3v) is 8.44. The fourth-order valence-electron chi connectivity index (χ4n) is 6.61. The second-order valence-electron chi connectivity index (χ2n) is 10.1. The van der Waals surface area contributed by atoms with Gasteiger partial charge in [-0.1, -0.05) is 30.3 Å². The summed E-state index contributed by atoms with van der Waals surface area (Å²) < 4.78 is 13.8. The lowest BCUT2D eigenvalue weighted by Gasteiger charge is -2.52. The van der Waals surface area contributed by atoms with Crippen LogP contribution in [-0.4, -0.2) is 46.7 Å². The van der Waals surface area contributed by atoms with Crippen LogP contribution in [0.1, 0.15) is 49.3 Å². The Kier molecular flexibility index (Phi) is 4.39. The van der Waals surface area contributed by atoms with Gasteiger partial charge >= 0.3 is 6.09 Å². The van der Waals surface area contributed by atoms with Crippen LogP contribution in [0.3, 0.4) is 0 Å². The summed E-state index contributed by atoms with van der Waals surface area (Å²) in [7, 11) is 0. The highest BCUT2D eigenvalue weighted by Gasteiger charge is 2.57. The van der Waals surface area contributed by atoms with Crippen LogP contribution in [-0.2, 0) is 6.42 Å². The summed E-state index contributed by atoms with van der Waals surface area (Å²) in [5.74, 6) is 0.248. The minimum absolute atomic E-state index is 0.0548. The van der Waals surface area contributed by atoms with Crippen LogP contribution in [0.2, 0.25) is 0 Å². The van der Waals surface area contributed by atoms with Crippen molar-refractivity contribution in [1.82, 2.24) is 9.80 Å². The molecule has 2 atom stereocenters. The van der Waals surface area contributed by atoms with E-state index in [0.717, 1.165) is 69.3 Å². The van der Waals surface area contributed by atoms with Crippen molar-refractivity contribution in [2.75, 3.05) is 19.6 Å². The molecule has 7 rings (SSSR count). The number of nitrogens with zero attached hydrogens (tertiary/aromatic N) is 2. The van der Waals surface area contributed by atoms with Crippen LogP contribution < -0.4 is 0 Å². The molecule has 3 saturated heterocycles. The number of piperidine rings is 3. The van der Waals surface area contributed by atoms with Crippen LogP contribution in [0, 0.1) is 17.2 Å². The molecule has 5 aliphatic rings. The summed E-state index contributed by atoms with van der Waals surface area (Å²) in [6, 6.07) is 13.1. The first-order valence-corrected chi connectivity index (χ1v) is 11.7. The molecule has 31 heavy (non-hydrogen) atoms. The topological polar surface area (TPSA) is 43.8 Å². The highest BCUT2D eigenvalue weighted by molar-refractivity contribution is 5.69. The van der Waals surface area contributed by atoms with E-state index in [1.807, 2.05) is 11.0 Å². The number of benzene rings is 2. The highest BCUT2D eigenvalue weighted by Crippen LogP contribution is 2.63. The predicted octanol–water partition coefficient (Wildman–Crippen LogP) is 5.33. The standard InChI is InChI=1S/C26H29FN2O2/c27-21-3-1-2-18(15-21)19-4-5-22-20(14-19)6-9-26(10-11-26)24(22)29(25(30)31)23-16-28-12-7-17(23)8-13-28/h1-5,14-15,17,23-24H,6-13,16H2,(H,30,31)/t23-,24?/m1/s1. The molecule has 1 spiro atoms. The van der Waals surface area contributed by atoms with Gasteiger partial charge in [0.05, 0.1) is 12.1 Å². The third kappa shape index (κ3) is 3.16. The van der Waals surface area contributed by atoms with E-state index >= 15 is 0 Å². The number of fused-ring (bicyclic) bond motifs is 4. The fourth-order valence-corrected chi connectivity index (χ4v) is 6.61. The number of aryl methyl sites for hydroxylation is 1. The van der Waals surface area contributed by atoms with Gasteiger partial charge in [0, 0.05) is 6.54 Å². The van der Waals surface area contributed by atoms with Gasteiger partial charge in [-0.15, -0.1) is 0 Å². The van der Waals surface area contributed by atoms with Crippen molar-refractivity contribution in [3.05, 3.63) is 59.4 Å². The van der Waals surface area contributed by atoms with E-state index in [1.165, 1.54) is 17.2 Å². The largest absolute Gasteiger partial charge is 0.465 e. The molecule has 1 N–H and O–H groups in total. The lowest BCUT2D eigenvalue weighted by Crippen LogP contribution is -2.60. The van der Waals surface area contributed by atoms with Crippen molar-refractivity contribution in [1.29, 1.82) is 0 Å². The normalized spacial score (nSPS) is 30.1. The van der Waals surface area contributed by atoms with E-state index in [9.17, 15) is 14.3 Å². The predicted molar refractivity (Wildman–Crippen MR) is 117 cm³/mol. The van der Waals surface area contributed by atoms with Crippen molar-refractivity contribution in [3.63, 3.8) is 0 Å². The lowest BCUT2D eigenvalue weighted by molar-refractivity contribution is -0.0243. The zero-order chi connectivity index (χ0) is 21.2. The minimum atomic E-state index is -0.767. The van der Waals surface area contributed by atoms with E-state index < -0.39 is 6.09 Å². The Labute approximate surface area is 182 Å². The maximum Gasteiger partial charge on any atom is 0.408 e. The molecule has 4 fully saturated rings. The molecule has 2 aromatic carbocycles. The van der Waals surface area contributed by atoms with Crippen LogP contribution in [0.4, 0.5) is 9.18 Å². The van der Waals surface area contributed by atoms with E-state index in [-0.39, 0.29) is 23.3 Å². The van der Waals surface area contributed by atoms with E-state index in [2.05, 4.69) is 23.1 Å². The van der Waals surface area contributed by atoms with Gasteiger partial charge in [0.2, 0.25) is 0 Å². The molecule has 1 saturated carbocycles. The summed E-state index contributed by atoms with van der Waals surface area (Å²) >= 11 is 0. The molecule has 5 heteroatoms. The maximum atomic E-state index is 13.8. The zero-order valence-electron chi connectivity index (χ0n) is 17.8. The Morgan fingerprint density at radius 1 is 1.06 bits per heavy atom. The van der Waals surface area contributed by atoms with Crippen LogP contribution in [0.15, 0.2) is 42.5 Å². The summed E-state index contributed by atoms with van der Waals surface area (Å²) in [6.45, 7) is 3.09. The SMILES string of the molecule is O=C(O)N(C1c2ccc(-c3cccc(F)c3)cc2CCC12CC2)[C@@H]1CN2CCC1CC2. The second kappa shape index (κ2) is 7.06. The number of halogens is 1. The molecule has 162 valence electrons. The quantitative estimate of drug-likeness (QED) is 0.729. The van der Waals surface area contributed by atoms with Gasteiger partial charge in [-0.3, -0.25) is 4.90 Å². The number of rotatable bonds is 3. The molecule has 1 amide bonds. The van der Waals surface area contributed by atoms with E-state index in [0.29, 0.717) is 5.92 Å². The molecular weight excluding hydrogens is 391 g/mol. The smallest absolute Gasteiger partial charge is 0.408 e. The summed E-state index contributed by atoms with van der Waals surface area (Å²) in [5, 5.41) is 10.4. The van der Waals surface area contributed by atoms with Gasteiger partial charge in [0.1, 0.15) is 5.82 Å². The van der Waals surface area contributed by atoms with E-state index in [1.54, 1.807) is 12.1 Å². The van der Waals surface area contributed by atoms with Gasteiger partial charge in [-0.05, 0) is 97.3 Å². The van der Waals surface area contributed by atoms with Crippen molar-refractivity contribution < 1.29 is 14.3 Å². The molecule has 0 aromatic heterocycles. The first kappa shape index (κ1) is 19.3. The second-order valence-corrected chi connectivity index (χ2v) is 10.1. The average Bonchev–Trinajstić information content (AvgIpc) is 3.56. The Hall–Kier alpha value is -2.40. The van der Waals surface area contributed by atoms with E-state index in [4.69, 9.17) is 0 Å². The van der Waals surface area contributed by atoms with Gasteiger partial charge in [0.25, 0.3) is 0 Å². The minimum Gasteiger partial charge on any atom is -0.465 e. The fraction of sp³-hybridized carbons (Fsp3) is 0.500. The van der Waals surface area contributed by atoms with Crippen molar-refractivity contribution in [2.24, 2.45) is 11.3 Å². The van der Waals surface area contributed by atoms with Crippen molar-refractivity contribution >= 4 is 6.09 Å². The number of hydrogen-bond donors (Lipinski definition) is 1. The van der Waals surface area contributed by atoms with Gasteiger partial charge in [0.15, 0.2) is 0 Å². The molecule has 2 aliphatic carbocycles. The molecule has 0 radical (unpaired) electrons.